The molecule has 1 heterocycles. The number of carbonyl (C=O) groups excluding carboxylic acids is 2. The van der Waals surface area contributed by atoms with E-state index in [2.05, 4.69) is 5.32 Å². The molecule has 0 radical (unpaired) electrons. The highest BCUT2D eigenvalue weighted by Crippen LogP contribution is 2.11. The van der Waals surface area contributed by atoms with Crippen molar-refractivity contribution in [2.24, 2.45) is 0 Å². The number of halogens is 1. The van der Waals surface area contributed by atoms with Crippen LogP contribution in [0.1, 0.15) is 28.1 Å². The van der Waals surface area contributed by atoms with Gasteiger partial charge in [0.25, 0.3) is 0 Å². The van der Waals surface area contributed by atoms with Gasteiger partial charge in [0.2, 0.25) is 5.91 Å². The third-order valence-electron chi connectivity index (χ3n) is 3.03. The molecule has 5 heteroatoms. The van der Waals surface area contributed by atoms with Crippen LogP contribution in [-0.4, -0.2) is 18.2 Å². The number of Topliss-reactive ketones (excluding diaryl/α,β-unsaturated/α-hetero) is 1. The largest absolute Gasteiger partial charge is 0.356 e. The highest BCUT2D eigenvalue weighted by atomic mass is 32.1. The summed E-state index contributed by atoms with van der Waals surface area (Å²) in [6, 6.07) is 9.80. The van der Waals surface area contributed by atoms with Crippen molar-refractivity contribution in [3.8, 4) is 0 Å². The van der Waals surface area contributed by atoms with E-state index >= 15 is 0 Å². The monoisotopic (exact) mass is 305 g/mol. The number of amides is 1. The Balaban J connectivity index is 1.71. The van der Waals surface area contributed by atoms with Crippen molar-refractivity contribution in [3.05, 3.63) is 58.0 Å². The molecule has 2 aromatic rings. The molecule has 0 fully saturated rings. The lowest BCUT2D eigenvalue weighted by Gasteiger charge is -2.05. The van der Waals surface area contributed by atoms with E-state index in [0.29, 0.717) is 6.54 Å². The minimum atomic E-state index is -0.541. The van der Waals surface area contributed by atoms with E-state index in [1.165, 1.54) is 23.1 Å². The van der Waals surface area contributed by atoms with Gasteiger partial charge in [0, 0.05) is 24.3 Å². The molecule has 1 amide bonds. The molecule has 0 bridgehead atoms. The second-order valence-electron chi connectivity index (χ2n) is 4.58. The lowest BCUT2D eigenvalue weighted by Crippen LogP contribution is -2.25. The van der Waals surface area contributed by atoms with E-state index < -0.39 is 5.82 Å². The Kier molecular flexibility index (Phi) is 5.63. The maximum absolute atomic E-state index is 13.4. The van der Waals surface area contributed by atoms with E-state index in [4.69, 9.17) is 0 Å². The van der Waals surface area contributed by atoms with Crippen molar-refractivity contribution in [1.82, 2.24) is 5.32 Å². The van der Waals surface area contributed by atoms with E-state index in [9.17, 15) is 14.0 Å². The van der Waals surface area contributed by atoms with Gasteiger partial charge in [0.1, 0.15) is 5.82 Å². The van der Waals surface area contributed by atoms with Crippen molar-refractivity contribution in [2.45, 2.75) is 19.3 Å². The second kappa shape index (κ2) is 7.69. The summed E-state index contributed by atoms with van der Waals surface area (Å²) in [6.07, 6.45) is 0.883. The van der Waals surface area contributed by atoms with Crippen LogP contribution in [0.5, 0.6) is 0 Å². The van der Waals surface area contributed by atoms with E-state index in [-0.39, 0.29) is 30.1 Å². The molecule has 0 saturated heterocycles. The Morgan fingerprint density at radius 1 is 1.10 bits per heavy atom. The lowest BCUT2D eigenvalue weighted by atomic mass is 10.1. The molecule has 0 spiro atoms. The first-order valence-electron chi connectivity index (χ1n) is 6.73. The summed E-state index contributed by atoms with van der Waals surface area (Å²) in [4.78, 5) is 24.7. The smallest absolute Gasteiger partial charge is 0.220 e. The van der Waals surface area contributed by atoms with Gasteiger partial charge < -0.3 is 5.32 Å². The molecule has 21 heavy (non-hydrogen) atoms. The minimum Gasteiger partial charge on any atom is -0.356 e. The molecular formula is C16H16FNO2S. The van der Waals surface area contributed by atoms with Crippen LogP contribution in [0.4, 0.5) is 4.39 Å². The van der Waals surface area contributed by atoms with Gasteiger partial charge in [-0.25, -0.2) is 4.39 Å². The van der Waals surface area contributed by atoms with Crippen molar-refractivity contribution in [2.75, 3.05) is 6.54 Å². The number of carbonyl (C=O) groups is 2. The molecule has 0 aliphatic carbocycles. The molecule has 0 aliphatic rings. The van der Waals surface area contributed by atoms with Gasteiger partial charge in [-0.05, 0) is 30.0 Å². The third-order valence-corrected chi connectivity index (χ3v) is 3.96. The van der Waals surface area contributed by atoms with Gasteiger partial charge in [0.15, 0.2) is 5.78 Å². The summed E-state index contributed by atoms with van der Waals surface area (Å²) >= 11 is 1.64. The summed E-state index contributed by atoms with van der Waals surface area (Å²) in [5, 5.41) is 4.75. The van der Waals surface area contributed by atoms with Crippen LogP contribution >= 0.6 is 11.3 Å². The van der Waals surface area contributed by atoms with Crippen LogP contribution in [-0.2, 0) is 11.2 Å². The van der Waals surface area contributed by atoms with Crippen molar-refractivity contribution in [1.29, 1.82) is 0 Å². The quantitative estimate of drug-likeness (QED) is 0.798. The maximum Gasteiger partial charge on any atom is 0.220 e. The molecule has 0 saturated carbocycles. The average molecular weight is 305 g/mol. The molecule has 1 N–H and O–H groups in total. The zero-order chi connectivity index (χ0) is 15.1. The fraction of sp³-hybridized carbons (Fsp3) is 0.250. The van der Waals surface area contributed by atoms with Crippen LogP contribution < -0.4 is 5.32 Å². The Morgan fingerprint density at radius 2 is 1.90 bits per heavy atom. The van der Waals surface area contributed by atoms with Crippen LogP contribution in [0, 0.1) is 5.82 Å². The summed E-state index contributed by atoms with van der Waals surface area (Å²) in [7, 11) is 0. The second-order valence-corrected chi connectivity index (χ2v) is 5.61. The Morgan fingerprint density at radius 3 is 2.62 bits per heavy atom. The van der Waals surface area contributed by atoms with Crippen molar-refractivity contribution < 1.29 is 14.0 Å². The number of hydrogen-bond acceptors (Lipinski definition) is 3. The Labute approximate surface area is 126 Å². The highest BCUT2D eigenvalue weighted by Gasteiger charge is 2.12. The molecule has 110 valence electrons. The average Bonchev–Trinajstić information content (AvgIpc) is 2.98. The van der Waals surface area contributed by atoms with Crippen LogP contribution in [0.15, 0.2) is 41.8 Å². The van der Waals surface area contributed by atoms with Crippen LogP contribution in [0.3, 0.4) is 0 Å². The molecule has 3 nitrogen and oxygen atoms in total. The fourth-order valence-corrected chi connectivity index (χ4v) is 2.63. The standard InChI is InChI=1S/C16H16FNO2S/c17-14-6-2-1-5-13(14)15(19)7-8-16(20)18-10-9-12-4-3-11-21-12/h1-6,11H,7-10H2,(H,18,20). The molecule has 2 rings (SSSR count). The van der Waals surface area contributed by atoms with Crippen molar-refractivity contribution >= 4 is 23.0 Å². The Hall–Kier alpha value is -2.01. The Bertz CT molecular complexity index is 610. The van der Waals surface area contributed by atoms with E-state index in [0.717, 1.165) is 6.42 Å². The number of hydrogen-bond donors (Lipinski definition) is 1. The number of benzene rings is 1. The summed E-state index contributed by atoms with van der Waals surface area (Å²) in [5.41, 5.74) is 0.0453. The van der Waals surface area contributed by atoms with Gasteiger partial charge in [0.05, 0.1) is 5.56 Å². The zero-order valence-electron chi connectivity index (χ0n) is 11.5. The summed E-state index contributed by atoms with van der Waals surface area (Å²) in [6.45, 7) is 0.549. The topological polar surface area (TPSA) is 46.2 Å². The van der Waals surface area contributed by atoms with E-state index in [1.54, 1.807) is 17.4 Å². The van der Waals surface area contributed by atoms with Crippen LogP contribution in [0.2, 0.25) is 0 Å². The maximum atomic E-state index is 13.4. The number of ketones is 1. The number of thiophene rings is 1. The molecular weight excluding hydrogens is 289 g/mol. The zero-order valence-corrected chi connectivity index (χ0v) is 12.3. The number of nitrogens with one attached hydrogen (secondary N) is 1. The van der Waals surface area contributed by atoms with Crippen LogP contribution in [0.25, 0.3) is 0 Å². The first-order chi connectivity index (χ1) is 10.2. The van der Waals surface area contributed by atoms with E-state index in [1.807, 2.05) is 17.5 Å². The van der Waals surface area contributed by atoms with Gasteiger partial charge in [-0.15, -0.1) is 11.3 Å². The molecule has 0 atom stereocenters. The summed E-state index contributed by atoms with van der Waals surface area (Å²) < 4.78 is 13.4. The predicted molar refractivity (Wildman–Crippen MR) is 81.0 cm³/mol. The van der Waals surface area contributed by atoms with Gasteiger partial charge in [-0.2, -0.15) is 0 Å². The first-order valence-corrected chi connectivity index (χ1v) is 7.61. The lowest BCUT2D eigenvalue weighted by molar-refractivity contribution is -0.121. The fourth-order valence-electron chi connectivity index (χ4n) is 1.92. The molecule has 1 aromatic heterocycles. The van der Waals surface area contributed by atoms with Gasteiger partial charge in [-0.3, -0.25) is 9.59 Å². The SMILES string of the molecule is O=C(CCC(=O)c1ccccc1F)NCCc1cccs1. The predicted octanol–water partition coefficient (Wildman–Crippen LogP) is 3.21. The number of rotatable bonds is 7. The third kappa shape index (κ3) is 4.79. The molecule has 0 aliphatic heterocycles. The van der Waals surface area contributed by atoms with Crippen molar-refractivity contribution in [3.63, 3.8) is 0 Å². The molecule has 0 unspecified atom stereocenters. The molecule has 1 aromatic carbocycles. The first kappa shape index (κ1) is 15.4. The van der Waals surface area contributed by atoms with Gasteiger partial charge in [-0.1, -0.05) is 18.2 Å². The summed E-state index contributed by atoms with van der Waals surface area (Å²) in [5.74, 6) is -1.07. The normalized spacial score (nSPS) is 10.3. The highest BCUT2D eigenvalue weighted by molar-refractivity contribution is 7.09. The van der Waals surface area contributed by atoms with Gasteiger partial charge >= 0.3 is 0 Å². The minimum absolute atomic E-state index is 0.0196.